The van der Waals surface area contributed by atoms with Gasteiger partial charge in [0.25, 0.3) is 0 Å². The lowest BCUT2D eigenvalue weighted by atomic mass is 9.74. The molecule has 0 saturated carbocycles. The highest BCUT2D eigenvalue weighted by Crippen LogP contribution is 2.41. The quantitative estimate of drug-likeness (QED) is 0.214. The topological polar surface area (TPSA) is 88.9 Å². The van der Waals surface area contributed by atoms with Gasteiger partial charge in [-0.05, 0) is 30.2 Å². The molecule has 0 bridgehead atoms. The fourth-order valence-corrected chi connectivity index (χ4v) is 5.04. The Morgan fingerprint density at radius 1 is 1.08 bits per heavy atom. The second-order valence-electron chi connectivity index (χ2n) is 9.70. The van der Waals surface area contributed by atoms with Crippen molar-refractivity contribution in [3.63, 3.8) is 0 Å². The molecule has 39 heavy (non-hydrogen) atoms. The molecule has 1 aromatic heterocycles. The summed E-state index contributed by atoms with van der Waals surface area (Å²) >= 11 is 19.1. The highest BCUT2D eigenvalue weighted by Gasteiger charge is 2.33. The van der Waals surface area contributed by atoms with Crippen molar-refractivity contribution in [2.75, 3.05) is 19.1 Å². The lowest BCUT2D eigenvalue weighted by molar-refractivity contribution is -0.149. The zero-order chi connectivity index (χ0) is 28.6. The summed E-state index contributed by atoms with van der Waals surface area (Å²) in [6, 6.07) is 7.75. The normalized spacial score (nSPS) is 17.2. The van der Waals surface area contributed by atoms with Gasteiger partial charge in [0.2, 0.25) is 0 Å². The number of nitrogens with zero attached hydrogens (tertiary/aromatic N) is 2. The number of benzene rings is 1. The molecule has 0 spiro atoms. The number of alkyl halides is 2. The molecule has 1 aromatic carbocycles. The van der Waals surface area contributed by atoms with Crippen molar-refractivity contribution in [1.82, 2.24) is 9.55 Å². The van der Waals surface area contributed by atoms with Gasteiger partial charge in [-0.2, -0.15) is 0 Å². The molecule has 8 nitrogen and oxygen atoms in total. The summed E-state index contributed by atoms with van der Waals surface area (Å²) in [6.07, 6.45) is 6.48. The Morgan fingerprint density at radius 2 is 1.72 bits per heavy atom. The third-order valence-corrected chi connectivity index (χ3v) is 7.26. The average molecular weight is 600 g/mol. The Hall–Kier alpha value is -2.68. The molecular weight excluding hydrogens is 567 g/mol. The maximum Gasteiger partial charge on any atom is 0.303 e. The number of carbonyl (C=O) groups is 2. The summed E-state index contributed by atoms with van der Waals surface area (Å²) < 4.78 is 24.1. The summed E-state index contributed by atoms with van der Waals surface area (Å²) in [5.74, 6) is 0.376. The van der Waals surface area contributed by atoms with Crippen LogP contribution in [0.2, 0.25) is 0 Å². The number of carbonyl (C=O) groups excluding carboxylic acids is 2. The molecule has 1 unspecified atom stereocenters. The number of allylic oxidation sites excluding steroid dienone is 4. The lowest BCUT2D eigenvalue weighted by Gasteiger charge is -2.33. The van der Waals surface area contributed by atoms with Crippen LogP contribution in [0, 0.1) is 0 Å². The number of rotatable bonds is 13. The Balaban J connectivity index is 1.66. The summed E-state index contributed by atoms with van der Waals surface area (Å²) in [4.78, 5) is 26.8. The molecule has 0 radical (unpaired) electrons. The summed E-state index contributed by atoms with van der Waals surface area (Å²) in [5, 5.41) is -0.0868. The highest BCUT2D eigenvalue weighted by atomic mass is 35.5. The molecule has 3 rings (SSSR count). The maximum atomic E-state index is 11.5. The van der Waals surface area contributed by atoms with Gasteiger partial charge in [0.05, 0.1) is 29.2 Å². The van der Waals surface area contributed by atoms with Gasteiger partial charge < -0.3 is 23.5 Å². The number of hydrogen-bond acceptors (Lipinski definition) is 7. The number of ether oxygens (including phenoxy) is 4. The second-order valence-corrected chi connectivity index (χ2v) is 10.9. The van der Waals surface area contributed by atoms with Crippen LogP contribution in [0.25, 0.3) is 0 Å². The van der Waals surface area contributed by atoms with Crippen molar-refractivity contribution < 1.29 is 28.5 Å². The molecule has 0 aliphatic heterocycles. The van der Waals surface area contributed by atoms with Crippen LogP contribution in [0.15, 0.2) is 65.4 Å². The first-order chi connectivity index (χ1) is 18.5. The van der Waals surface area contributed by atoms with Crippen molar-refractivity contribution >= 4 is 46.7 Å². The van der Waals surface area contributed by atoms with E-state index < -0.39 is 23.6 Å². The monoisotopic (exact) mass is 598 g/mol. The number of halogens is 3. The predicted octanol–water partition coefficient (Wildman–Crippen LogP) is 5.75. The Kier molecular flexibility index (Phi) is 11.2. The molecule has 0 fully saturated rings. The molecule has 0 N–H and O–H groups in total. The third-order valence-electron chi connectivity index (χ3n) is 6.27. The predicted molar refractivity (Wildman–Crippen MR) is 150 cm³/mol. The van der Waals surface area contributed by atoms with Crippen LogP contribution in [-0.4, -0.2) is 58.2 Å². The molecule has 2 aromatic rings. The number of esters is 2. The fourth-order valence-electron chi connectivity index (χ4n) is 4.17. The van der Waals surface area contributed by atoms with Crippen LogP contribution < -0.4 is 4.74 Å². The van der Waals surface area contributed by atoms with Gasteiger partial charge in [0.1, 0.15) is 30.8 Å². The first-order valence-corrected chi connectivity index (χ1v) is 13.8. The van der Waals surface area contributed by atoms with E-state index in [9.17, 15) is 9.59 Å². The van der Waals surface area contributed by atoms with Crippen LogP contribution in [-0.2, 0) is 35.8 Å². The first-order valence-electron chi connectivity index (χ1n) is 12.5. The molecule has 11 heteroatoms. The smallest absolute Gasteiger partial charge is 0.303 e. The van der Waals surface area contributed by atoms with Crippen LogP contribution in [0.3, 0.4) is 0 Å². The van der Waals surface area contributed by atoms with Crippen molar-refractivity contribution in [2.24, 2.45) is 0 Å². The molecule has 1 heterocycles. The van der Waals surface area contributed by atoms with Crippen molar-refractivity contribution in [3.05, 3.63) is 71.0 Å². The van der Waals surface area contributed by atoms with E-state index in [0.29, 0.717) is 29.5 Å². The largest absolute Gasteiger partial charge is 0.491 e. The van der Waals surface area contributed by atoms with E-state index >= 15 is 0 Å². The van der Waals surface area contributed by atoms with Gasteiger partial charge >= 0.3 is 11.9 Å². The molecule has 3 atom stereocenters. The average Bonchev–Trinajstić information content (AvgIpc) is 3.38. The minimum absolute atomic E-state index is 0.0620. The number of hydrogen-bond donors (Lipinski definition) is 0. The standard InChI is InChI=1S/C28H33Cl3N2O6/c1-18(34)38-23(13-29)15-37-27-25(30)11-21(12-26(27)31)28(3,4)20-5-7-22(8-6-20)36-16-24(39-19(2)35)14-33-10-9-32-17-33/h5-11,17,23-24,26H,12-16H2,1-4H3/t23-,24+,26?/m1/s1. The zero-order valence-electron chi connectivity index (χ0n) is 22.4. The number of aromatic nitrogens is 2. The van der Waals surface area contributed by atoms with Gasteiger partial charge in [0, 0.05) is 31.7 Å². The van der Waals surface area contributed by atoms with Crippen molar-refractivity contribution in [1.29, 1.82) is 0 Å². The maximum absolute atomic E-state index is 11.5. The summed E-state index contributed by atoms with van der Waals surface area (Å²) in [7, 11) is 0. The Labute approximate surface area is 243 Å². The van der Waals surface area contributed by atoms with E-state index in [-0.39, 0.29) is 30.5 Å². The van der Waals surface area contributed by atoms with Crippen LogP contribution in [0.5, 0.6) is 5.75 Å². The highest BCUT2D eigenvalue weighted by molar-refractivity contribution is 6.33. The van der Waals surface area contributed by atoms with Gasteiger partial charge in [-0.3, -0.25) is 9.59 Å². The summed E-state index contributed by atoms with van der Waals surface area (Å²) in [5.41, 5.74) is 1.71. The van der Waals surface area contributed by atoms with Crippen molar-refractivity contribution in [2.45, 2.75) is 63.7 Å². The molecule has 0 saturated heterocycles. The van der Waals surface area contributed by atoms with E-state index in [1.807, 2.05) is 34.9 Å². The minimum atomic E-state index is -0.595. The summed E-state index contributed by atoms with van der Waals surface area (Å²) in [6.45, 7) is 7.58. The van der Waals surface area contributed by atoms with Crippen LogP contribution >= 0.6 is 34.8 Å². The molecular formula is C28H33Cl3N2O6. The van der Waals surface area contributed by atoms with E-state index in [2.05, 4.69) is 18.8 Å². The number of imidazole rings is 1. The van der Waals surface area contributed by atoms with E-state index in [0.717, 1.165) is 11.1 Å². The van der Waals surface area contributed by atoms with Crippen LogP contribution in [0.4, 0.5) is 0 Å². The zero-order valence-corrected chi connectivity index (χ0v) is 24.6. The van der Waals surface area contributed by atoms with Gasteiger partial charge in [-0.15, -0.1) is 23.2 Å². The minimum Gasteiger partial charge on any atom is -0.491 e. The molecule has 1 aliphatic carbocycles. The van der Waals surface area contributed by atoms with Gasteiger partial charge in [0.15, 0.2) is 6.10 Å². The van der Waals surface area contributed by atoms with E-state index in [1.54, 1.807) is 18.7 Å². The second kappa shape index (κ2) is 14.1. The lowest BCUT2D eigenvalue weighted by Crippen LogP contribution is -2.29. The van der Waals surface area contributed by atoms with Gasteiger partial charge in [-0.1, -0.05) is 43.2 Å². The van der Waals surface area contributed by atoms with E-state index in [4.69, 9.17) is 53.8 Å². The van der Waals surface area contributed by atoms with E-state index in [1.165, 1.54) is 13.8 Å². The Bertz CT molecular complexity index is 1180. The molecule has 1 aliphatic rings. The van der Waals surface area contributed by atoms with Crippen LogP contribution in [0.1, 0.15) is 39.7 Å². The fraction of sp³-hybridized carbons (Fsp3) is 0.464. The van der Waals surface area contributed by atoms with Gasteiger partial charge in [-0.25, -0.2) is 4.98 Å². The Morgan fingerprint density at radius 3 is 2.28 bits per heavy atom. The van der Waals surface area contributed by atoms with Crippen molar-refractivity contribution in [3.8, 4) is 5.75 Å². The molecule has 212 valence electrons. The molecule has 0 amide bonds. The SMILES string of the molecule is CC(=O)O[C@H](CCl)COC1=C(Cl)C=C(C(C)(C)c2ccc(OC[C@H](Cn3ccnc3)OC(C)=O)cc2)CC1Cl. The third kappa shape index (κ3) is 8.92. The first kappa shape index (κ1) is 30.9.